The highest BCUT2D eigenvalue weighted by Gasteiger charge is 2.19. The maximum atomic E-state index is 9.14. The van der Waals surface area contributed by atoms with Crippen molar-refractivity contribution in [1.29, 1.82) is 5.26 Å². The minimum atomic E-state index is 0.749. The first-order valence-corrected chi connectivity index (χ1v) is 7.04. The van der Waals surface area contributed by atoms with E-state index in [1.165, 1.54) is 25.7 Å². The molecule has 3 rings (SSSR count). The van der Waals surface area contributed by atoms with Crippen molar-refractivity contribution in [3.63, 3.8) is 0 Å². The largest absolute Gasteiger partial charge is 0.385 e. The molecule has 2 nitrogen and oxygen atoms in total. The van der Waals surface area contributed by atoms with Gasteiger partial charge in [-0.1, -0.05) is 37.1 Å². The van der Waals surface area contributed by atoms with Gasteiger partial charge in [-0.25, -0.2) is 0 Å². The summed E-state index contributed by atoms with van der Waals surface area (Å²) in [6.45, 7) is 1.02. The molecule has 0 aromatic heterocycles. The van der Waals surface area contributed by atoms with Gasteiger partial charge in [-0.15, -0.1) is 0 Å². The van der Waals surface area contributed by atoms with Gasteiger partial charge in [0, 0.05) is 23.0 Å². The van der Waals surface area contributed by atoms with Gasteiger partial charge in [-0.2, -0.15) is 5.26 Å². The van der Waals surface area contributed by atoms with Gasteiger partial charge in [0.15, 0.2) is 0 Å². The summed E-state index contributed by atoms with van der Waals surface area (Å²) in [4.78, 5) is 0. The normalized spacial score (nSPS) is 14.3. The van der Waals surface area contributed by atoms with E-state index in [4.69, 9.17) is 5.26 Å². The van der Waals surface area contributed by atoms with E-state index in [0.29, 0.717) is 0 Å². The van der Waals surface area contributed by atoms with Crippen LogP contribution in [0.1, 0.15) is 31.2 Å². The van der Waals surface area contributed by atoms with Crippen molar-refractivity contribution in [3.8, 4) is 6.07 Å². The third kappa shape index (κ3) is 2.71. The monoisotopic (exact) mass is 250 g/mol. The molecule has 2 aromatic carbocycles. The van der Waals surface area contributed by atoms with Gasteiger partial charge < -0.3 is 5.32 Å². The average Bonchev–Trinajstić information content (AvgIpc) is 3.27. The fourth-order valence-corrected chi connectivity index (χ4v) is 2.57. The molecule has 1 aliphatic rings. The Kier molecular flexibility index (Phi) is 3.37. The van der Waals surface area contributed by atoms with Gasteiger partial charge in [0.25, 0.3) is 0 Å². The van der Waals surface area contributed by atoms with Crippen LogP contribution in [-0.2, 0) is 0 Å². The Bertz CT molecular complexity index is 621. The summed E-state index contributed by atoms with van der Waals surface area (Å²) in [5, 5.41) is 14.8. The summed E-state index contributed by atoms with van der Waals surface area (Å²) in [5.74, 6) is 1.000. The molecule has 0 heterocycles. The molecule has 2 aromatic rings. The molecule has 96 valence electrons. The van der Waals surface area contributed by atoms with E-state index in [1.807, 2.05) is 30.3 Å². The van der Waals surface area contributed by atoms with Crippen molar-refractivity contribution in [2.45, 2.75) is 25.7 Å². The Morgan fingerprint density at radius 1 is 1.11 bits per heavy atom. The van der Waals surface area contributed by atoms with Crippen LogP contribution in [0.5, 0.6) is 0 Å². The summed E-state index contributed by atoms with van der Waals surface area (Å²) >= 11 is 0. The molecular weight excluding hydrogens is 232 g/mol. The highest BCUT2D eigenvalue weighted by Crippen LogP contribution is 2.33. The number of benzene rings is 2. The molecule has 1 saturated carbocycles. The molecule has 0 aliphatic heterocycles. The van der Waals surface area contributed by atoms with E-state index in [2.05, 4.69) is 17.5 Å². The van der Waals surface area contributed by atoms with Crippen LogP contribution in [0, 0.1) is 17.2 Å². The maximum absolute atomic E-state index is 9.14. The van der Waals surface area contributed by atoms with Gasteiger partial charge in [0.05, 0.1) is 11.6 Å². The van der Waals surface area contributed by atoms with Gasteiger partial charge in [0.2, 0.25) is 0 Å². The van der Waals surface area contributed by atoms with Crippen LogP contribution in [0.2, 0.25) is 0 Å². The fraction of sp³-hybridized carbons (Fsp3) is 0.353. The third-order valence-corrected chi connectivity index (χ3v) is 3.85. The van der Waals surface area contributed by atoms with Gasteiger partial charge in [0.1, 0.15) is 0 Å². The Morgan fingerprint density at radius 2 is 1.89 bits per heavy atom. The van der Waals surface area contributed by atoms with E-state index in [9.17, 15) is 0 Å². The lowest BCUT2D eigenvalue weighted by Crippen LogP contribution is -2.02. The number of hydrogen-bond donors (Lipinski definition) is 1. The highest BCUT2D eigenvalue weighted by atomic mass is 14.9. The van der Waals surface area contributed by atoms with E-state index in [0.717, 1.165) is 34.5 Å². The highest BCUT2D eigenvalue weighted by molar-refractivity contribution is 5.97. The predicted molar refractivity (Wildman–Crippen MR) is 79.1 cm³/mol. The SMILES string of the molecule is N#Cc1ccc(NCCCC2CC2)c2ccccc12. The van der Waals surface area contributed by atoms with Crippen LogP contribution in [-0.4, -0.2) is 6.54 Å². The second kappa shape index (κ2) is 5.32. The summed E-state index contributed by atoms with van der Waals surface area (Å²) in [6.07, 6.45) is 5.44. The van der Waals surface area contributed by atoms with Crippen molar-refractivity contribution in [2.75, 3.05) is 11.9 Å². The van der Waals surface area contributed by atoms with Crippen LogP contribution < -0.4 is 5.32 Å². The quantitative estimate of drug-likeness (QED) is 0.802. The van der Waals surface area contributed by atoms with Crippen LogP contribution in [0.3, 0.4) is 0 Å². The number of nitrogens with zero attached hydrogens (tertiary/aromatic N) is 1. The summed E-state index contributed by atoms with van der Waals surface area (Å²) < 4.78 is 0. The summed E-state index contributed by atoms with van der Waals surface area (Å²) in [6, 6.07) is 14.3. The lowest BCUT2D eigenvalue weighted by molar-refractivity contribution is 0.687. The molecule has 0 amide bonds. The molecule has 19 heavy (non-hydrogen) atoms. The third-order valence-electron chi connectivity index (χ3n) is 3.85. The van der Waals surface area contributed by atoms with Crippen LogP contribution in [0.15, 0.2) is 36.4 Å². The Hall–Kier alpha value is -2.01. The number of anilines is 1. The molecule has 0 radical (unpaired) electrons. The van der Waals surface area contributed by atoms with Crippen molar-refractivity contribution in [3.05, 3.63) is 42.0 Å². The van der Waals surface area contributed by atoms with Crippen molar-refractivity contribution in [1.82, 2.24) is 0 Å². The molecule has 1 aliphatic carbocycles. The zero-order chi connectivity index (χ0) is 13.1. The van der Waals surface area contributed by atoms with E-state index < -0.39 is 0 Å². The van der Waals surface area contributed by atoms with Gasteiger partial charge >= 0.3 is 0 Å². The van der Waals surface area contributed by atoms with Crippen molar-refractivity contribution < 1.29 is 0 Å². The molecule has 0 atom stereocenters. The lowest BCUT2D eigenvalue weighted by atomic mass is 10.0. The average molecular weight is 250 g/mol. The Balaban J connectivity index is 1.77. The van der Waals surface area contributed by atoms with E-state index in [1.54, 1.807) is 0 Å². The molecular formula is C17H18N2. The van der Waals surface area contributed by atoms with Crippen LogP contribution in [0.25, 0.3) is 10.8 Å². The summed E-state index contributed by atoms with van der Waals surface area (Å²) in [7, 11) is 0. The molecule has 0 spiro atoms. The minimum Gasteiger partial charge on any atom is -0.385 e. The predicted octanol–water partition coefficient (Wildman–Crippen LogP) is 4.31. The van der Waals surface area contributed by atoms with Crippen LogP contribution >= 0.6 is 0 Å². The zero-order valence-corrected chi connectivity index (χ0v) is 11.0. The fourth-order valence-electron chi connectivity index (χ4n) is 2.57. The Morgan fingerprint density at radius 3 is 2.63 bits per heavy atom. The second-order valence-corrected chi connectivity index (χ2v) is 5.33. The van der Waals surface area contributed by atoms with Crippen molar-refractivity contribution in [2.24, 2.45) is 5.92 Å². The van der Waals surface area contributed by atoms with Crippen LogP contribution in [0.4, 0.5) is 5.69 Å². The molecule has 2 heteroatoms. The number of rotatable bonds is 5. The first kappa shape index (κ1) is 12.0. The van der Waals surface area contributed by atoms with Crippen molar-refractivity contribution >= 4 is 16.5 Å². The molecule has 0 bridgehead atoms. The number of fused-ring (bicyclic) bond motifs is 1. The van der Waals surface area contributed by atoms with E-state index in [-0.39, 0.29) is 0 Å². The first-order chi connectivity index (χ1) is 9.38. The molecule has 1 fully saturated rings. The zero-order valence-electron chi connectivity index (χ0n) is 11.0. The summed E-state index contributed by atoms with van der Waals surface area (Å²) in [5.41, 5.74) is 1.89. The molecule has 0 unspecified atom stereocenters. The van der Waals surface area contributed by atoms with Gasteiger partial charge in [-0.3, -0.25) is 0 Å². The molecule has 0 saturated heterocycles. The number of nitriles is 1. The molecule has 1 N–H and O–H groups in total. The van der Waals surface area contributed by atoms with E-state index >= 15 is 0 Å². The second-order valence-electron chi connectivity index (χ2n) is 5.33. The maximum Gasteiger partial charge on any atom is 0.0998 e. The number of hydrogen-bond acceptors (Lipinski definition) is 2. The Labute approximate surface area is 114 Å². The topological polar surface area (TPSA) is 35.8 Å². The lowest BCUT2D eigenvalue weighted by Gasteiger charge is -2.10. The standard InChI is InChI=1S/C17H18N2/c18-12-14-9-10-17(16-6-2-1-5-15(14)16)19-11-3-4-13-7-8-13/h1-2,5-6,9-10,13,19H,3-4,7-8,11H2. The minimum absolute atomic E-state index is 0.749. The smallest absolute Gasteiger partial charge is 0.0998 e. The number of nitrogens with one attached hydrogen (secondary N) is 1. The van der Waals surface area contributed by atoms with Gasteiger partial charge in [-0.05, 0) is 30.9 Å². The first-order valence-electron chi connectivity index (χ1n) is 7.04.